The van der Waals surface area contributed by atoms with Gasteiger partial charge in [-0.05, 0) is 38.3 Å². The van der Waals surface area contributed by atoms with Crippen LogP contribution in [-0.4, -0.2) is 19.3 Å². The fourth-order valence-corrected chi connectivity index (χ4v) is 3.56. The summed E-state index contributed by atoms with van der Waals surface area (Å²) in [6, 6.07) is 4.50. The van der Waals surface area contributed by atoms with E-state index in [0.717, 1.165) is 32.4 Å². The monoisotopic (exact) mass is 239 g/mol. The number of aryl methyl sites for hydroxylation is 1. The number of thiophene rings is 1. The molecule has 0 bridgehead atoms. The third-order valence-electron chi connectivity index (χ3n) is 3.83. The third-order valence-corrected chi connectivity index (χ3v) is 5.06. The van der Waals surface area contributed by atoms with Crippen LogP contribution in [0.15, 0.2) is 12.1 Å². The van der Waals surface area contributed by atoms with E-state index in [9.17, 15) is 0 Å². The normalized spacial score (nSPS) is 29.8. The molecular formula is C13H21NOS. The maximum absolute atomic E-state index is 5.97. The summed E-state index contributed by atoms with van der Waals surface area (Å²) in [7, 11) is 0. The van der Waals surface area contributed by atoms with Crippen LogP contribution in [0.5, 0.6) is 0 Å². The summed E-state index contributed by atoms with van der Waals surface area (Å²) in [5.74, 6) is 0. The molecule has 0 amide bonds. The molecule has 2 unspecified atom stereocenters. The van der Waals surface area contributed by atoms with Gasteiger partial charge in [0.05, 0.1) is 6.10 Å². The quantitative estimate of drug-likeness (QED) is 0.876. The van der Waals surface area contributed by atoms with Gasteiger partial charge in [0.1, 0.15) is 0 Å². The Morgan fingerprint density at radius 2 is 2.25 bits per heavy atom. The van der Waals surface area contributed by atoms with E-state index in [1.807, 2.05) is 11.3 Å². The first-order valence-electron chi connectivity index (χ1n) is 6.09. The van der Waals surface area contributed by atoms with Crippen molar-refractivity contribution in [2.45, 2.75) is 39.2 Å². The summed E-state index contributed by atoms with van der Waals surface area (Å²) < 4.78 is 5.69. The van der Waals surface area contributed by atoms with Gasteiger partial charge in [0.25, 0.3) is 0 Å². The molecule has 2 atom stereocenters. The molecular weight excluding hydrogens is 218 g/mol. The van der Waals surface area contributed by atoms with Gasteiger partial charge in [-0.1, -0.05) is 6.92 Å². The second kappa shape index (κ2) is 4.86. The van der Waals surface area contributed by atoms with Crippen molar-refractivity contribution in [3.63, 3.8) is 0 Å². The van der Waals surface area contributed by atoms with Crippen molar-refractivity contribution in [1.82, 2.24) is 0 Å². The van der Waals surface area contributed by atoms with Crippen LogP contribution in [-0.2, 0) is 17.6 Å². The van der Waals surface area contributed by atoms with Crippen LogP contribution >= 0.6 is 11.3 Å². The minimum Gasteiger partial charge on any atom is -0.378 e. The van der Waals surface area contributed by atoms with E-state index >= 15 is 0 Å². The van der Waals surface area contributed by atoms with Gasteiger partial charge >= 0.3 is 0 Å². The number of hydrogen-bond donors (Lipinski definition) is 1. The summed E-state index contributed by atoms with van der Waals surface area (Å²) in [6.45, 7) is 5.96. The fourth-order valence-electron chi connectivity index (χ4n) is 2.45. The lowest BCUT2D eigenvalue weighted by atomic mass is 9.78. The van der Waals surface area contributed by atoms with Gasteiger partial charge in [-0.15, -0.1) is 11.3 Å². The van der Waals surface area contributed by atoms with Gasteiger partial charge in [-0.25, -0.2) is 0 Å². The topological polar surface area (TPSA) is 35.2 Å². The van der Waals surface area contributed by atoms with Crippen LogP contribution in [0, 0.1) is 5.41 Å². The van der Waals surface area contributed by atoms with Crippen molar-refractivity contribution >= 4 is 11.3 Å². The van der Waals surface area contributed by atoms with Gasteiger partial charge in [0, 0.05) is 28.3 Å². The van der Waals surface area contributed by atoms with Crippen LogP contribution in [0.2, 0.25) is 0 Å². The Hall–Kier alpha value is -0.380. The fraction of sp³-hybridized carbons (Fsp3) is 0.692. The SMILES string of the molecule is CCc1ccc(CC2(CN)CCOC2C)s1. The summed E-state index contributed by atoms with van der Waals surface area (Å²) >= 11 is 1.92. The summed E-state index contributed by atoms with van der Waals surface area (Å²) in [5.41, 5.74) is 6.15. The highest BCUT2D eigenvalue weighted by atomic mass is 32.1. The van der Waals surface area contributed by atoms with Gasteiger partial charge in [-0.3, -0.25) is 0 Å². The molecule has 2 rings (SSSR count). The van der Waals surface area contributed by atoms with Crippen molar-refractivity contribution < 1.29 is 4.74 Å². The highest BCUT2D eigenvalue weighted by molar-refractivity contribution is 7.11. The second-order valence-electron chi connectivity index (χ2n) is 4.73. The zero-order valence-electron chi connectivity index (χ0n) is 10.2. The van der Waals surface area contributed by atoms with Gasteiger partial charge < -0.3 is 10.5 Å². The predicted molar refractivity (Wildman–Crippen MR) is 68.9 cm³/mol. The molecule has 2 nitrogen and oxygen atoms in total. The molecule has 90 valence electrons. The average Bonchev–Trinajstić information content (AvgIpc) is 2.88. The van der Waals surface area contributed by atoms with Crippen molar-refractivity contribution in [3.8, 4) is 0 Å². The van der Waals surface area contributed by atoms with E-state index in [4.69, 9.17) is 10.5 Å². The Morgan fingerprint density at radius 1 is 1.50 bits per heavy atom. The Balaban J connectivity index is 2.12. The summed E-state index contributed by atoms with van der Waals surface area (Å²) in [4.78, 5) is 2.92. The largest absolute Gasteiger partial charge is 0.378 e. The predicted octanol–water partition coefficient (Wildman–Crippen LogP) is 2.61. The Kier molecular flexibility index (Phi) is 3.67. The van der Waals surface area contributed by atoms with Gasteiger partial charge in [0.15, 0.2) is 0 Å². The maximum atomic E-state index is 5.97. The highest BCUT2D eigenvalue weighted by Gasteiger charge is 2.40. The van der Waals surface area contributed by atoms with E-state index in [1.54, 1.807) is 0 Å². The number of nitrogens with two attached hydrogens (primary N) is 1. The molecule has 0 radical (unpaired) electrons. The minimum absolute atomic E-state index is 0.176. The van der Waals surface area contributed by atoms with E-state index in [1.165, 1.54) is 9.75 Å². The lowest BCUT2D eigenvalue weighted by molar-refractivity contribution is 0.0677. The number of rotatable bonds is 4. The first kappa shape index (κ1) is 12.1. The van der Waals surface area contributed by atoms with Crippen molar-refractivity contribution in [2.75, 3.05) is 13.2 Å². The number of ether oxygens (including phenoxy) is 1. The lowest BCUT2D eigenvalue weighted by Crippen LogP contribution is -2.38. The Labute approximate surface area is 102 Å². The molecule has 1 aliphatic rings. The molecule has 3 heteroatoms. The molecule has 0 aromatic carbocycles. The molecule has 2 N–H and O–H groups in total. The minimum atomic E-state index is 0.176. The summed E-state index contributed by atoms with van der Waals surface area (Å²) in [6.07, 6.45) is 3.61. The van der Waals surface area contributed by atoms with E-state index < -0.39 is 0 Å². The lowest BCUT2D eigenvalue weighted by Gasteiger charge is -2.30. The molecule has 0 saturated carbocycles. The Bertz CT molecular complexity index is 349. The molecule has 16 heavy (non-hydrogen) atoms. The molecule has 1 aromatic heterocycles. The standard InChI is InChI=1S/C13H21NOS/c1-3-11-4-5-12(16-11)8-13(9-14)6-7-15-10(13)2/h4-5,10H,3,6-9,14H2,1-2H3. The van der Waals surface area contributed by atoms with Crippen LogP contribution in [0.3, 0.4) is 0 Å². The van der Waals surface area contributed by atoms with E-state index in [2.05, 4.69) is 26.0 Å². The smallest absolute Gasteiger partial charge is 0.0619 e. The molecule has 0 aliphatic carbocycles. The maximum Gasteiger partial charge on any atom is 0.0619 e. The molecule has 1 saturated heterocycles. The first-order chi connectivity index (χ1) is 7.70. The van der Waals surface area contributed by atoms with E-state index in [-0.39, 0.29) is 5.41 Å². The summed E-state index contributed by atoms with van der Waals surface area (Å²) in [5, 5.41) is 0. The second-order valence-corrected chi connectivity index (χ2v) is 5.98. The van der Waals surface area contributed by atoms with Crippen LogP contribution in [0.1, 0.15) is 30.0 Å². The van der Waals surface area contributed by atoms with E-state index in [0.29, 0.717) is 6.10 Å². The third kappa shape index (κ3) is 2.17. The first-order valence-corrected chi connectivity index (χ1v) is 6.91. The van der Waals surface area contributed by atoms with Crippen molar-refractivity contribution in [3.05, 3.63) is 21.9 Å². The molecule has 1 aromatic rings. The van der Waals surface area contributed by atoms with Crippen LogP contribution in [0.25, 0.3) is 0 Å². The Morgan fingerprint density at radius 3 is 2.75 bits per heavy atom. The van der Waals surface area contributed by atoms with Crippen molar-refractivity contribution in [2.24, 2.45) is 11.1 Å². The van der Waals surface area contributed by atoms with Crippen LogP contribution < -0.4 is 5.73 Å². The number of hydrogen-bond acceptors (Lipinski definition) is 3. The molecule has 0 spiro atoms. The molecule has 2 heterocycles. The van der Waals surface area contributed by atoms with Crippen molar-refractivity contribution in [1.29, 1.82) is 0 Å². The van der Waals surface area contributed by atoms with Gasteiger partial charge in [0.2, 0.25) is 0 Å². The molecule has 1 fully saturated rings. The molecule has 1 aliphatic heterocycles. The van der Waals surface area contributed by atoms with Crippen LogP contribution in [0.4, 0.5) is 0 Å². The van der Waals surface area contributed by atoms with Gasteiger partial charge in [-0.2, -0.15) is 0 Å². The average molecular weight is 239 g/mol. The highest BCUT2D eigenvalue weighted by Crippen LogP contribution is 2.38. The zero-order chi connectivity index (χ0) is 11.6. The zero-order valence-corrected chi connectivity index (χ0v) is 11.0.